The van der Waals surface area contributed by atoms with Crippen LogP contribution in [0.5, 0.6) is 0 Å². The Morgan fingerprint density at radius 2 is 2.10 bits per heavy atom. The first kappa shape index (κ1) is 14.6. The van der Waals surface area contributed by atoms with Crippen LogP contribution in [0, 0.1) is 5.92 Å². The second-order valence-corrected chi connectivity index (χ2v) is 5.05. The summed E-state index contributed by atoms with van der Waals surface area (Å²) in [7, 11) is 0. The molecule has 1 fully saturated rings. The number of alkyl halides is 3. The number of nitrogens with one attached hydrogen (secondary N) is 1. The van der Waals surface area contributed by atoms with Gasteiger partial charge in [0.25, 0.3) is 0 Å². The largest absolute Gasteiger partial charge is 0.416 e. The van der Waals surface area contributed by atoms with Gasteiger partial charge in [-0.1, -0.05) is 13.0 Å². The van der Waals surface area contributed by atoms with Crippen molar-refractivity contribution in [1.29, 1.82) is 0 Å². The van der Waals surface area contributed by atoms with Crippen LogP contribution < -0.4 is 5.32 Å². The Balaban J connectivity index is 2.13. The van der Waals surface area contributed by atoms with E-state index in [1.165, 1.54) is 12.3 Å². The molecule has 108 valence electrons. The van der Waals surface area contributed by atoms with Gasteiger partial charge in [0, 0.05) is 23.4 Å². The quantitative estimate of drug-likeness (QED) is 0.815. The smallest absolute Gasteiger partial charge is 0.361 e. The highest BCUT2D eigenvalue weighted by atomic mass is 19.4. The van der Waals surface area contributed by atoms with Crippen LogP contribution >= 0.6 is 0 Å². The third kappa shape index (κ3) is 3.40. The normalized spacial score (nSPS) is 22.1. The zero-order valence-electron chi connectivity index (χ0n) is 11.1. The molecule has 1 aliphatic rings. The van der Waals surface area contributed by atoms with Crippen molar-refractivity contribution in [2.24, 2.45) is 5.92 Å². The third-order valence-electron chi connectivity index (χ3n) is 3.45. The zero-order chi connectivity index (χ0) is 14.8. The number of benzene rings is 1. The summed E-state index contributed by atoms with van der Waals surface area (Å²) in [6.45, 7) is 1.87. The molecular weight excluding hydrogens is 267 g/mol. The standard InChI is InChI=1S/C15H16F3NO/c1-10-4-2-5-11(14(10)20)9-19-13-7-3-6-12(8-13)15(16,17)18/h3,6-10,19H,2,4-5H2,1H3/b11-9+/t10-/m1/s1. The molecule has 0 bridgehead atoms. The summed E-state index contributed by atoms with van der Waals surface area (Å²) >= 11 is 0. The van der Waals surface area contributed by atoms with Gasteiger partial charge in [-0.15, -0.1) is 0 Å². The van der Waals surface area contributed by atoms with Gasteiger partial charge in [-0.25, -0.2) is 0 Å². The maximum absolute atomic E-state index is 12.6. The maximum Gasteiger partial charge on any atom is 0.416 e. The van der Waals surface area contributed by atoms with Crippen molar-refractivity contribution in [3.8, 4) is 0 Å². The Labute approximate surface area is 115 Å². The van der Waals surface area contributed by atoms with Crippen LogP contribution in [-0.4, -0.2) is 5.78 Å². The summed E-state index contributed by atoms with van der Waals surface area (Å²) in [6, 6.07) is 4.94. The first-order valence-electron chi connectivity index (χ1n) is 6.55. The zero-order valence-corrected chi connectivity index (χ0v) is 11.1. The van der Waals surface area contributed by atoms with Crippen molar-refractivity contribution in [3.05, 3.63) is 41.6 Å². The molecule has 0 aromatic heterocycles. The molecule has 0 aliphatic heterocycles. The van der Waals surface area contributed by atoms with Crippen molar-refractivity contribution in [1.82, 2.24) is 0 Å². The molecule has 1 aromatic carbocycles. The van der Waals surface area contributed by atoms with E-state index < -0.39 is 11.7 Å². The summed E-state index contributed by atoms with van der Waals surface area (Å²) in [4.78, 5) is 11.9. The third-order valence-corrected chi connectivity index (χ3v) is 3.45. The van der Waals surface area contributed by atoms with Crippen LogP contribution in [-0.2, 0) is 11.0 Å². The summed E-state index contributed by atoms with van der Waals surface area (Å²) in [5.74, 6) is 0.0778. The first-order valence-corrected chi connectivity index (χ1v) is 6.55. The van der Waals surface area contributed by atoms with Gasteiger partial charge in [-0.2, -0.15) is 13.2 Å². The number of carbonyl (C=O) groups is 1. The van der Waals surface area contributed by atoms with E-state index in [0.29, 0.717) is 17.7 Å². The van der Waals surface area contributed by atoms with Gasteiger partial charge in [0.1, 0.15) is 0 Å². The van der Waals surface area contributed by atoms with Crippen LogP contribution in [0.15, 0.2) is 36.0 Å². The molecule has 0 heterocycles. The van der Waals surface area contributed by atoms with Gasteiger partial charge in [-0.3, -0.25) is 4.79 Å². The summed E-state index contributed by atoms with van der Waals surface area (Å²) in [6.07, 6.45) is -0.342. The van der Waals surface area contributed by atoms with Crippen molar-refractivity contribution < 1.29 is 18.0 Å². The number of allylic oxidation sites excluding steroid dienone is 1. The van der Waals surface area contributed by atoms with E-state index in [0.717, 1.165) is 25.0 Å². The van der Waals surface area contributed by atoms with Crippen LogP contribution in [0.3, 0.4) is 0 Å². The monoisotopic (exact) mass is 283 g/mol. The molecule has 0 unspecified atom stereocenters. The average molecular weight is 283 g/mol. The highest BCUT2D eigenvalue weighted by Crippen LogP contribution is 2.31. The number of anilines is 1. The van der Waals surface area contributed by atoms with Gasteiger partial charge >= 0.3 is 6.18 Å². The number of ketones is 1. The van der Waals surface area contributed by atoms with Gasteiger partial charge < -0.3 is 5.32 Å². The fourth-order valence-corrected chi connectivity index (χ4v) is 2.27. The van der Waals surface area contributed by atoms with Crippen molar-refractivity contribution in [3.63, 3.8) is 0 Å². The van der Waals surface area contributed by atoms with Crippen LogP contribution in [0.25, 0.3) is 0 Å². The lowest BCUT2D eigenvalue weighted by Gasteiger charge is -2.19. The minimum Gasteiger partial charge on any atom is -0.361 e. The fourth-order valence-electron chi connectivity index (χ4n) is 2.27. The number of hydrogen-bond donors (Lipinski definition) is 1. The molecule has 1 N–H and O–H groups in total. The van der Waals surface area contributed by atoms with E-state index in [-0.39, 0.29) is 11.7 Å². The number of Topliss-reactive ketones (excluding diaryl/α,β-unsaturated/α-hetero) is 1. The lowest BCUT2D eigenvalue weighted by molar-refractivity contribution is -0.137. The highest BCUT2D eigenvalue weighted by Gasteiger charge is 2.30. The highest BCUT2D eigenvalue weighted by molar-refractivity contribution is 5.97. The van der Waals surface area contributed by atoms with Crippen LogP contribution in [0.2, 0.25) is 0 Å². The predicted octanol–water partition coefficient (Wildman–Crippen LogP) is 4.39. The van der Waals surface area contributed by atoms with E-state index in [4.69, 9.17) is 0 Å². The molecule has 0 radical (unpaired) electrons. The van der Waals surface area contributed by atoms with Gasteiger partial charge in [0.15, 0.2) is 5.78 Å². The van der Waals surface area contributed by atoms with E-state index in [2.05, 4.69) is 5.32 Å². The molecule has 1 saturated carbocycles. The van der Waals surface area contributed by atoms with Gasteiger partial charge in [0.05, 0.1) is 5.56 Å². The Morgan fingerprint density at radius 3 is 2.80 bits per heavy atom. The van der Waals surface area contributed by atoms with Gasteiger partial charge in [0.2, 0.25) is 0 Å². The molecule has 5 heteroatoms. The van der Waals surface area contributed by atoms with Crippen molar-refractivity contribution in [2.45, 2.75) is 32.4 Å². The molecule has 1 aliphatic carbocycles. The molecule has 20 heavy (non-hydrogen) atoms. The average Bonchev–Trinajstić information content (AvgIpc) is 2.40. The maximum atomic E-state index is 12.6. The molecular formula is C15H16F3NO. The summed E-state index contributed by atoms with van der Waals surface area (Å²) in [5, 5.41) is 2.79. The summed E-state index contributed by atoms with van der Waals surface area (Å²) < 4.78 is 37.7. The first-order chi connectivity index (χ1) is 9.38. The predicted molar refractivity (Wildman–Crippen MR) is 71.2 cm³/mol. The molecule has 1 aromatic rings. The molecule has 0 saturated heterocycles. The van der Waals surface area contributed by atoms with E-state index in [1.54, 1.807) is 6.07 Å². The van der Waals surface area contributed by atoms with E-state index in [1.807, 2.05) is 6.92 Å². The van der Waals surface area contributed by atoms with Crippen molar-refractivity contribution >= 4 is 11.5 Å². The topological polar surface area (TPSA) is 29.1 Å². The number of carbonyl (C=O) groups excluding carboxylic acids is 1. The number of halogens is 3. The number of rotatable bonds is 2. The second-order valence-electron chi connectivity index (χ2n) is 5.05. The summed E-state index contributed by atoms with van der Waals surface area (Å²) in [5.41, 5.74) is 0.281. The Morgan fingerprint density at radius 1 is 1.35 bits per heavy atom. The van der Waals surface area contributed by atoms with E-state index in [9.17, 15) is 18.0 Å². The van der Waals surface area contributed by atoms with Crippen molar-refractivity contribution in [2.75, 3.05) is 5.32 Å². The number of hydrogen-bond acceptors (Lipinski definition) is 2. The van der Waals surface area contributed by atoms with Crippen LogP contribution in [0.1, 0.15) is 31.7 Å². The molecule has 1 atom stereocenters. The molecule has 2 rings (SSSR count). The Bertz CT molecular complexity index is 534. The SMILES string of the molecule is C[C@@H]1CCC/C(=C\Nc2cccc(C(F)(F)F)c2)C1=O. The fraction of sp³-hybridized carbons (Fsp3) is 0.400. The molecule has 0 spiro atoms. The molecule has 2 nitrogen and oxygen atoms in total. The lowest BCUT2D eigenvalue weighted by atomic mass is 9.86. The Hall–Kier alpha value is -1.78. The van der Waals surface area contributed by atoms with Crippen LogP contribution in [0.4, 0.5) is 18.9 Å². The molecule has 0 amide bonds. The second kappa shape index (κ2) is 5.69. The Kier molecular flexibility index (Phi) is 4.16. The lowest BCUT2D eigenvalue weighted by Crippen LogP contribution is -2.19. The minimum atomic E-state index is -4.36. The minimum absolute atomic E-state index is 0.00157. The van der Waals surface area contributed by atoms with Gasteiger partial charge in [-0.05, 0) is 37.5 Å². The van der Waals surface area contributed by atoms with E-state index >= 15 is 0 Å².